The standard InChI is InChI=1S/C24H29FN4O4.C2H6/c1-14-11-18-17(24(31)32)3-8-28(22(18)12-20(14)25)23-19-13-27(15(2)30)7-4-21(19)29(26-23)16-5-9-33-10-6-16;1-2/h11-12,16-17H,3-10,13H2,1-2H3,(H,31,32);1-2H3. The van der Waals surface area contributed by atoms with Crippen LogP contribution in [0.3, 0.4) is 0 Å². The molecule has 1 aromatic heterocycles. The molecule has 1 atom stereocenters. The van der Waals surface area contributed by atoms with Crippen LogP contribution in [0.5, 0.6) is 0 Å². The Morgan fingerprint density at radius 2 is 1.86 bits per heavy atom. The van der Waals surface area contributed by atoms with Crippen LogP contribution in [-0.4, -0.2) is 58.0 Å². The highest BCUT2D eigenvalue weighted by molar-refractivity contribution is 5.83. The van der Waals surface area contributed by atoms with Crippen molar-refractivity contribution in [3.8, 4) is 0 Å². The average Bonchev–Trinajstić information content (AvgIpc) is 3.24. The maximum atomic E-state index is 14.7. The summed E-state index contributed by atoms with van der Waals surface area (Å²) in [6, 6.07) is 3.31. The second-order valence-electron chi connectivity index (χ2n) is 9.22. The molecular weight excluding hydrogens is 451 g/mol. The van der Waals surface area contributed by atoms with Crippen LogP contribution >= 0.6 is 0 Å². The Bertz CT molecular complexity index is 1110. The monoisotopic (exact) mass is 486 g/mol. The number of nitrogens with zero attached hydrogens (tertiary/aromatic N) is 4. The van der Waals surface area contributed by atoms with Gasteiger partial charge in [-0.1, -0.05) is 19.9 Å². The van der Waals surface area contributed by atoms with Gasteiger partial charge in [0.05, 0.1) is 18.5 Å². The number of anilines is 2. The van der Waals surface area contributed by atoms with Crippen molar-refractivity contribution in [2.45, 2.75) is 71.9 Å². The first-order chi connectivity index (χ1) is 16.8. The Morgan fingerprint density at radius 3 is 2.51 bits per heavy atom. The van der Waals surface area contributed by atoms with Gasteiger partial charge in [-0.05, 0) is 43.4 Å². The van der Waals surface area contributed by atoms with Crippen molar-refractivity contribution in [2.24, 2.45) is 0 Å². The van der Waals surface area contributed by atoms with Crippen molar-refractivity contribution >= 4 is 23.4 Å². The highest BCUT2D eigenvalue weighted by atomic mass is 19.1. The number of halogens is 1. The quantitative estimate of drug-likeness (QED) is 0.695. The molecule has 9 heteroatoms. The fourth-order valence-electron chi connectivity index (χ4n) is 5.36. The molecule has 0 bridgehead atoms. The number of fused-ring (bicyclic) bond motifs is 2. The van der Waals surface area contributed by atoms with Crippen molar-refractivity contribution in [1.82, 2.24) is 14.7 Å². The molecule has 1 aromatic carbocycles. The predicted octanol–water partition coefficient (Wildman–Crippen LogP) is 4.32. The molecule has 4 heterocycles. The Kier molecular flexibility index (Phi) is 7.44. The number of aromatic nitrogens is 2. The number of carboxylic acids is 1. The predicted molar refractivity (Wildman–Crippen MR) is 131 cm³/mol. The Balaban J connectivity index is 0.00000141. The van der Waals surface area contributed by atoms with E-state index < -0.39 is 11.9 Å². The average molecular weight is 487 g/mol. The van der Waals surface area contributed by atoms with E-state index >= 15 is 0 Å². The smallest absolute Gasteiger partial charge is 0.311 e. The Labute approximate surface area is 205 Å². The van der Waals surface area contributed by atoms with Crippen LogP contribution in [0.15, 0.2) is 12.1 Å². The summed E-state index contributed by atoms with van der Waals surface area (Å²) in [6.07, 6.45) is 2.85. The Morgan fingerprint density at radius 1 is 1.14 bits per heavy atom. The largest absolute Gasteiger partial charge is 0.481 e. The highest BCUT2D eigenvalue weighted by Crippen LogP contribution is 2.43. The van der Waals surface area contributed by atoms with Gasteiger partial charge in [0.15, 0.2) is 5.82 Å². The highest BCUT2D eigenvalue weighted by Gasteiger charge is 2.37. The van der Waals surface area contributed by atoms with Crippen molar-refractivity contribution in [3.63, 3.8) is 0 Å². The van der Waals surface area contributed by atoms with E-state index in [0.717, 1.165) is 24.1 Å². The fraction of sp³-hybridized carbons (Fsp3) is 0.577. The summed E-state index contributed by atoms with van der Waals surface area (Å²) < 4.78 is 22.3. The van der Waals surface area contributed by atoms with E-state index in [1.165, 1.54) is 6.07 Å². The summed E-state index contributed by atoms with van der Waals surface area (Å²) in [5.41, 5.74) is 3.68. The van der Waals surface area contributed by atoms with Gasteiger partial charge in [-0.25, -0.2) is 4.39 Å². The molecule has 1 saturated heterocycles. The van der Waals surface area contributed by atoms with Gasteiger partial charge in [0.2, 0.25) is 5.91 Å². The van der Waals surface area contributed by atoms with E-state index in [0.29, 0.717) is 68.3 Å². The molecule has 0 radical (unpaired) electrons. The van der Waals surface area contributed by atoms with Gasteiger partial charge in [0.1, 0.15) is 5.82 Å². The summed E-state index contributed by atoms with van der Waals surface area (Å²) in [4.78, 5) is 27.8. The number of rotatable bonds is 3. The molecular formula is C26H35FN4O4. The summed E-state index contributed by atoms with van der Waals surface area (Å²) in [5.74, 6) is -1.24. The third-order valence-electron chi connectivity index (χ3n) is 7.22. The molecule has 190 valence electrons. The molecule has 1 fully saturated rings. The van der Waals surface area contributed by atoms with E-state index in [1.807, 2.05) is 23.6 Å². The van der Waals surface area contributed by atoms with Crippen LogP contribution in [0.2, 0.25) is 0 Å². The molecule has 2 aromatic rings. The van der Waals surface area contributed by atoms with E-state index in [9.17, 15) is 19.1 Å². The number of hydrogen-bond acceptors (Lipinski definition) is 5. The van der Waals surface area contributed by atoms with Crippen LogP contribution in [0.4, 0.5) is 15.9 Å². The SMILES string of the molecule is CC.CC(=O)N1CCc2c(c(N3CCC(C(=O)O)c4cc(C)c(F)cc43)nn2C2CCOCC2)C1. The summed E-state index contributed by atoms with van der Waals surface area (Å²) in [7, 11) is 0. The van der Waals surface area contributed by atoms with Gasteiger partial charge >= 0.3 is 5.97 Å². The van der Waals surface area contributed by atoms with Gasteiger partial charge in [-0.3, -0.25) is 14.3 Å². The molecule has 1 amide bonds. The summed E-state index contributed by atoms with van der Waals surface area (Å²) in [6.45, 7) is 10.1. The van der Waals surface area contributed by atoms with E-state index in [-0.39, 0.29) is 17.8 Å². The topological polar surface area (TPSA) is 87.9 Å². The minimum atomic E-state index is -0.903. The maximum absolute atomic E-state index is 14.7. The first-order valence-corrected chi connectivity index (χ1v) is 12.6. The first-order valence-electron chi connectivity index (χ1n) is 12.6. The van der Waals surface area contributed by atoms with Gasteiger partial charge < -0.3 is 19.6 Å². The minimum Gasteiger partial charge on any atom is -0.481 e. The number of aryl methyl sites for hydroxylation is 1. The minimum absolute atomic E-state index is 0.0112. The Hall–Kier alpha value is -2.94. The van der Waals surface area contributed by atoms with Crippen LogP contribution in [0.1, 0.15) is 74.4 Å². The second kappa shape index (κ2) is 10.4. The van der Waals surface area contributed by atoms with Crippen molar-refractivity contribution in [1.29, 1.82) is 0 Å². The van der Waals surface area contributed by atoms with Crippen molar-refractivity contribution < 1.29 is 23.8 Å². The number of ether oxygens (including phenoxy) is 1. The molecule has 1 unspecified atom stereocenters. The molecule has 0 aliphatic carbocycles. The molecule has 35 heavy (non-hydrogen) atoms. The number of amides is 1. The van der Waals surface area contributed by atoms with Gasteiger partial charge in [0.25, 0.3) is 0 Å². The van der Waals surface area contributed by atoms with Crippen LogP contribution in [0.25, 0.3) is 0 Å². The molecule has 0 spiro atoms. The number of carbonyl (C=O) groups excluding carboxylic acids is 1. The van der Waals surface area contributed by atoms with Crippen molar-refractivity contribution in [3.05, 3.63) is 40.3 Å². The normalized spacial score (nSPS) is 20.0. The first kappa shape index (κ1) is 25.2. The summed E-state index contributed by atoms with van der Waals surface area (Å²) in [5, 5.41) is 14.8. The number of carboxylic acid groups (broad SMARTS) is 1. The molecule has 1 N–H and O–H groups in total. The number of carbonyl (C=O) groups is 2. The molecule has 8 nitrogen and oxygen atoms in total. The third-order valence-corrected chi connectivity index (χ3v) is 7.22. The zero-order valence-corrected chi connectivity index (χ0v) is 21.0. The van der Waals surface area contributed by atoms with E-state index in [2.05, 4.69) is 4.68 Å². The molecule has 0 saturated carbocycles. The van der Waals surface area contributed by atoms with E-state index in [4.69, 9.17) is 9.84 Å². The van der Waals surface area contributed by atoms with Crippen molar-refractivity contribution in [2.75, 3.05) is 31.2 Å². The van der Waals surface area contributed by atoms with Crippen LogP contribution in [0, 0.1) is 12.7 Å². The lowest BCUT2D eigenvalue weighted by molar-refractivity contribution is -0.139. The zero-order chi connectivity index (χ0) is 25.3. The molecule has 3 aliphatic rings. The van der Waals surface area contributed by atoms with E-state index in [1.54, 1.807) is 19.9 Å². The fourth-order valence-corrected chi connectivity index (χ4v) is 5.36. The van der Waals surface area contributed by atoms with Gasteiger partial charge in [-0.15, -0.1) is 0 Å². The maximum Gasteiger partial charge on any atom is 0.311 e. The van der Waals surface area contributed by atoms with Gasteiger partial charge in [-0.2, -0.15) is 5.10 Å². The molecule has 3 aliphatic heterocycles. The molecule has 5 rings (SSSR count). The van der Waals surface area contributed by atoms with Gasteiger partial charge in [0, 0.05) is 56.6 Å². The number of hydrogen-bond donors (Lipinski definition) is 1. The van der Waals surface area contributed by atoms with Crippen LogP contribution < -0.4 is 4.90 Å². The lowest BCUT2D eigenvalue weighted by Gasteiger charge is -2.35. The third kappa shape index (κ3) is 4.66. The zero-order valence-electron chi connectivity index (χ0n) is 21.0. The summed E-state index contributed by atoms with van der Waals surface area (Å²) >= 11 is 0. The van der Waals surface area contributed by atoms with Crippen LogP contribution in [-0.2, 0) is 27.3 Å². The lowest BCUT2D eigenvalue weighted by Crippen LogP contribution is -2.36. The second-order valence-corrected chi connectivity index (χ2v) is 9.22. The number of benzene rings is 1. The number of aliphatic carboxylic acids is 1. The lowest BCUT2D eigenvalue weighted by atomic mass is 9.88.